The second-order valence-electron chi connectivity index (χ2n) is 7.75. The third-order valence-electron chi connectivity index (χ3n) is 5.57. The number of thiazole rings is 1. The van der Waals surface area contributed by atoms with Gasteiger partial charge in [-0.2, -0.15) is 5.26 Å². The van der Waals surface area contributed by atoms with Crippen LogP contribution < -0.4 is 10.9 Å². The van der Waals surface area contributed by atoms with Crippen LogP contribution in [0.4, 0.5) is 11.4 Å². The van der Waals surface area contributed by atoms with Gasteiger partial charge in [-0.05, 0) is 41.5 Å². The van der Waals surface area contributed by atoms with E-state index in [1.165, 1.54) is 29.7 Å². The van der Waals surface area contributed by atoms with E-state index in [2.05, 4.69) is 16.4 Å². The Hall–Kier alpha value is -4.81. The molecule has 3 aromatic carbocycles. The van der Waals surface area contributed by atoms with E-state index >= 15 is 0 Å². The maximum absolute atomic E-state index is 12.7. The van der Waals surface area contributed by atoms with Crippen LogP contribution in [0.2, 0.25) is 0 Å². The van der Waals surface area contributed by atoms with Crippen molar-refractivity contribution >= 4 is 50.0 Å². The van der Waals surface area contributed by atoms with Crippen LogP contribution in [0.5, 0.6) is 0 Å². The van der Waals surface area contributed by atoms with Crippen molar-refractivity contribution in [2.45, 2.75) is 6.92 Å². The molecule has 0 saturated heterocycles. The van der Waals surface area contributed by atoms with Gasteiger partial charge in [0.25, 0.3) is 5.69 Å². The van der Waals surface area contributed by atoms with Gasteiger partial charge in [0.15, 0.2) is 0 Å². The summed E-state index contributed by atoms with van der Waals surface area (Å²) in [6.07, 6.45) is 1.49. The van der Waals surface area contributed by atoms with Crippen molar-refractivity contribution in [3.05, 3.63) is 103 Å². The van der Waals surface area contributed by atoms with E-state index in [1.54, 1.807) is 30.5 Å². The van der Waals surface area contributed by atoms with Crippen molar-refractivity contribution in [3.8, 4) is 17.3 Å². The highest BCUT2D eigenvalue weighted by atomic mass is 32.1. The van der Waals surface area contributed by atoms with Gasteiger partial charge in [0.05, 0.1) is 16.2 Å². The summed E-state index contributed by atoms with van der Waals surface area (Å²) in [5, 5.41) is 28.6. The number of aromatic nitrogens is 1. The van der Waals surface area contributed by atoms with E-state index in [0.717, 1.165) is 16.2 Å². The lowest BCUT2D eigenvalue weighted by Crippen LogP contribution is -2.03. The van der Waals surface area contributed by atoms with Gasteiger partial charge in [0.1, 0.15) is 22.2 Å². The van der Waals surface area contributed by atoms with Crippen molar-refractivity contribution in [3.63, 3.8) is 0 Å². The zero-order valence-corrected chi connectivity index (χ0v) is 19.1. The molecule has 5 aromatic rings. The zero-order valence-electron chi connectivity index (χ0n) is 18.3. The predicted octanol–water partition coefficient (Wildman–Crippen LogP) is 6.26. The Kier molecular flexibility index (Phi) is 5.57. The number of non-ortho nitro benzene ring substituents is 1. The average Bonchev–Trinajstić information content (AvgIpc) is 3.34. The molecule has 5 rings (SSSR count). The molecule has 0 fully saturated rings. The number of hydrogen-bond donors (Lipinski definition) is 1. The van der Waals surface area contributed by atoms with Gasteiger partial charge in [-0.3, -0.25) is 10.1 Å². The number of nitrogens with one attached hydrogen (secondary N) is 1. The second-order valence-corrected chi connectivity index (χ2v) is 8.61. The molecule has 0 saturated carbocycles. The molecule has 8 nitrogen and oxygen atoms in total. The third-order valence-corrected chi connectivity index (χ3v) is 6.44. The first-order valence-corrected chi connectivity index (χ1v) is 11.4. The molecular weight excluding hydrogens is 464 g/mol. The number of fused-ring (bicyclic) bond motifs is 3. The quantitative estimate of drug-likeness (QED) is 0.103. The number of allylic oxidation sites excluding steroid dienone is 1. The highest BCUT2D eigenvalue weighted by Crippen LogP contribution is 2.30. The van der Waals surface area contributed by atoms with Gasteiger partial charge in [-0.25, -0.2) is 9.78 Å². The topological polar surface area (TPSA) is 122 Å². The van der Waals surface area contributed by atoms with E-state index in [4.69, 9.17) is 4.42 Å². The maximum atomic E-state index is 12.7. The summed E-state index contributed by atoms with van der Waals surface area (Å²) in [4.78, 5) is 27.7. The molecule has 0 bridgehead atoms. The van der Waals surface area contributed by atoms with Gasteiger partial charge in [-0.1, -0.05) is 30.3 Å². The van der Waals surface area contributed by atoms with Crippen LogP contribution in [-0.4, -0.2) is 9.91 Å². The number of nitriles is 1. The number of hydrogen-bond acceptors (Lipinski definition) is 8. The Balaban J connectivity index is 1.50. The fraction of sp³-hybridized carbons (Fsp3) is 0.0385. The zero-order chi connectivity index (χ0) is 24.5. The summed E-state index contributed by atoms with van der Waals surface area (Å²) in [7, 11) is 0. The van der Waals surface area contributed by atoms with Gasteiger partial charge in [-0.15, -0.1) is 11.3 Å². The van der Waals surface area contributed by atoms with Gasteiger partial charge < -0.3 is 9.73 Å². The maximum Gasteiger partial charge on any atom is 0.345 e. The van der Waals surface area contributed by atoms with Gasteiger partial charge in [0, 0.05) is 34.8 Å². The first-order valence-electron chi connectivity index (χ1n) is 10.5. The standard InChI is InChI=1S/C26H16N4O4S/c1-15-10-18(30(32)33)7-8-22(15)28-13-17(12-27)25-29-23(14-35-25)21-11-20-19-5-3-2-4-16(19)6-9-24(20)34-26(21)31/h2-11,13-14,28H,1H3/b17-13+. The second kappa shape index (κ2) is 8.85. The minimum absolute atomic E-state index is 0.0101. The Labute approximate surface area is 202 Å². The predicted molar refractivity (Wildman–Crippen MR) is 136 cm³/mol. The summed E-state index contributed by atoms with van der Waals surface area (Å²) in [6, 6.07) is 19.8. The normalized spacial score (nSPS) is 11.5. The molecule has 0 amide bonds. The number of rotatable bonds is 5. The molecule has 0 unspecified atom stereocenters. The minimum atomic E-state index is -0.508. The molecule has 2 aromatic heterocycles. The molecule has 0 aliphatic rings. The minimum Gasteiger partial charge on any atom is -0.422 e. The van der Waals surface area contributed by atoms with Gasteiger partial charge in [0.2, 0.25) is 0 Å². The molecular formula is C26H16N4O4S. The van der Waals surface area contributed by atoms with E-state index in [0.29, 0.717) is 33.1 Å². The first-order chi connectivity index (χ1) is 16.9. The fourth-order valence-corrected chi connectivity index (χ4v) is 4.57. The number of anilines is 1. The summed E-state index contributed by atoms with van der Waals surface area (Å²) >= 11 is 1.23. The van der Waals surface area contributed by atoms with Crippen LogP contribution in [0.3, 0.4) is 0 Å². The number of nitrogens with zero attached hydrogens (tertiary/aromatic N) is 3. The van der Waals surface area contributed by atoms with Crippen LogP contribution in [0.1, 0.15) is 10.6 Å². The molecule has 0 atom stereocenters. The Bertz CT molecular complexity index is 1760. The van der Waals surface area contributed by atoms with E-state index in [1.807, 2.05) is 30.3 Å². The van der Waals surface area contributed by atoms with Crippen LogP contribution in [0, 0.1) is 28.4 Å². The Morgan fingerprint density at radius 2 is 2.00 bits per heavy atom. The van der Waals surface area contributed by atoms with Gasteiger partial charge >= 0.3 is 5.63 Å². The van der Waals surface area contributed by atoms with E-state index in [-0.39, 0.29) is 11.3 Å². The molecule has 35 heavy (non-hydrogen) atoms. The summed E-state index contributed by atoms with van der Waals surface area (Å²) in [5.41, 5.74) is 2.25. The van der Waals surface area contributed by atoms with Crippen molar-refractivity contribution in [1.82, 2.24) is 4.98 Å². The van der Waals surface area contributed by atoms with E-state index in [9.17, 15) is 20.2 Å². The third kappa shape index (κ3) is 4.14. The van der Waals surface area contributed by atoms with Crippen molar-refractivity contribution in [1.29, 1.82) is 5.26 Å². The number of nitro benzene ring substituents is 1. The Morgan fingerprint density at radius 1 is 1.17 bits per heavy atom. The lowest BCUT2D eigenvalue weighted by Gasteiger charge is -2.05. The van der Waals surface area contributed by atoms with Crippen molar-refractivity contribution < 1.29 is 9.34 Å². The molecule has 0 aliphatic heterocycles. The van der Waals surface area contributed by atoms with E-state index < -0.39 is 10.5 Å². The van der Waals surface area contributed by atoms with Crippen LogP contribution in [-0.2, 0) is 0 Å². The van der Waals surface area contributed by atoms with Crippen molar-refractivity contribution in [2.75, 3.05) is 5.32 Å². The van der Waals surface area contributed by atoms with Crippen LogP contribution in [0.25, 0.3) is 38.6 Å². The molecule has 9 heteroatoms. The first kappa shape index (κ1) is 22.0. The Morgan fingerprint density at radius 3 is 2.77 bits per heavy atom. The molecule has 1 N–H and O–H groups in total. The van der Waals surface area contributed by atoms with Crippen LogP contribution in [0.15, 0.2) is 81.5 Å². The lowest BCUT2D eigenvalue weighted by molar-refractivity contribution is -0.384. The summed E-state index contributed by atoms with van der Waals surface area (Å²) in [6.45, 7) is 1.74. The number of nitro groups is 1. The molecule has 0 aliphatic carbocycles. The SMILES string of the molecule is Cc1cc([N+](=O)[O-])ccc1N/C=C(\C#N)c1nc(-c2cc3c(ccc4ccccc43)oc2=O)cs1. The molecule has 2 heterocycles. The number of benzene rings is 3. The molecule has 0 spiro atoms. The van der Waals surface area contributed by atoms with Crippen LogP contribution >= 0.6 is 11.3 Å². The fourth-order valence-electron chi connectivity index (χ4n) is 3.79. The monoisotopic (exact) mass is 480 g/mol. The summed E-state index contributed by atoms with van der Waals surface area (Å²) in [5.74, 6) is 0. The highest BCUT2D eigenvalue weighted by molar-refractivity contribution is 7.11. The average molecular weight is 481 g/mol. The lowest BCUT2D eigenvalue weighted by atomic mass is 10.0. The van der Waals surface area contributed by atoms with Crippen molar-refractivity contribution in [2.24, 2.45) is 0 Å². The molecule has 0 radical (unpaired) electrons. The molecule has 170 valence electrons. The highest BCUT2D eigenvalue weighted by Gasteiger charge is 2.15. The summed E-state index contributed by atoms with van der Waals surface area (Å²) < 4.78 is 5.57. The smallest absolute Gasteiger partial charge is 0.345 e. The number of aryl methyl sites for hydroxylation is 1. The largest absolute Gasteiger partial charge is 0.422 e.